The standard InChI is InChI=1S/C30H26NO3PS/c1-22-13-12-14-23(21-22)28(32)31-27(29(33)34-2)30(36)35(24-15-6-3-7-16-24,25-17-8-4-9-18-25)26-19-10-5-11-20-26/h3-21H,1-2H3,(H-,31,32,33,36). The molecule has 4 aromatic carbocycles. The molecule has 0 aliphatic rings. The number of hydrogen-bond acceptors (Lipinski definition) is 4. The number of amides is 1. The number of ether oxygens (including phenoxy) is 1. The highest BCUT2D eigenvalue weighted by molar-refractivity contribution is 8.06. The van der Waals surface area contributed by atoms with E-state index >= 15 is 0 Å². The van der Waals surface area contributed by atoms with Crippen LogP contribution in [-0.4, -0.2) is 19.0 Å². The predicted octanol–water partition coefficient (Wildman–Crippen LogP) is 4.61. The van der Waals surface area contributed by atoms with Crippen molar-refractivity contribution in [3.05, 3.63) is 137 Å². The Morgan fingerprint density at radius 1 is 0.722 bits per heavy atom. The van der Waals surface area contributed by atoms with E-state index in [0.717, 1.165) is 21.5 Å². The Kier molecular flexibility index (Phi) is 7.94. The molecule has 0 bridgehead atoms. The first kappa shape index (κ1) is 25.3. The molecule has 36 heavy (non-hydrogen) atoms. The molecule has 6 heteroatoms. The van der Waals surface area contributed by atoms with Crippen molar-refractivity contribution in [1.82, 2.24) is 5.32 Å². The van der Waals surface area contributed by atoms with E-state index in [1.165, 1.54) is 7.11 Å². The molecular formula is C30H26NO3PS. The molecule has 0 heterocycles. The highest BCUT2D eigenvalue weighted by Gasteiger charge is 2.46. The molecule has 4 rings (SSSR count). The monoisotopic (exact) mass is 511 g/mol. The van der Waals surface area contributed by atoms with Crippen molar-refractivity contribution in [2.75, 3.05) is 7.11 Å². The molecule has 1 amide bonds. The Hall–Kier alpha value is -3.79. The fraction of sp³-hybridized carbons (Fsp3) is 0.0667. The van der Waals surface area contributed by atoms with Crippen LogP contribution in [0.1, 0.15) is 15.9 Å². The van der Waals surface area contributed by atoms with Crippen molar-refractivity contribution in [2.45, 2.75) is 6.92 Å². The van der Waals surface area contributed by atoms with E-state index in [4.69, 9.17) is 17.4 Å². The van der Waals surface area contributed by atoms with Crippen LogP contribution < -0.4 is 21.2 Å². The molecular weight excluding hydrogens is 485 g/mol. The van der Waals surface area contributed by atoms with Crippen LogP contribution in [0.4, 0.5) is 0 Å². The van der Waals surface area contributed by atoms with Gasteiger partial charge in [-0.2, -0.15) is 0 Å². The van der Waals surface area contributed by atoms with Gasteiger partial charge in [-0.1, -0.05) is 72.3 Å². The first-order chi connectivity index (χ1) is 17.5. The van der Waals surface area contributed by atoms with Crippen LogP contribution in [-0.2, 0) is 22.2 Å². The lowest BCUT2D eigenvalue weighted by molar-refractivity contribution is -0.136. The van der Waals surface area contributed by atoms with Gasteiger partial charge in [0.05, 0.1) is 7.11 Å². The summed E-state index contributed by atoms with van der Waals surface area (Å²) >= 11 is 6.19. The number of nitrogens with one attached hydrogen (secondary N) is 1. The molecule has 0 aromatic heterocycles. The van der Waals surface area contributed by atoms with Gasteiger partial charge in [0, 0.05) is 5.56 Å². The molecule has 4 aromatic rings. The third-order valence-electron chi connectivity index (χ3n) is 5.86. The average Bonchev–Trinajstić information content (AvgIpc) is 2.93. The van der Waals surface area contributed by atoms with Crippen molar-refractivity contribution in [3.8, 4) is 0 Å². The van der Waals surface area contributed by atoms with Gasteiger partial charge in [-0.3, -0.25) is 4.79 Å². The Morgan fingerprint density at radius 3 is 1.61 bits per heavy atom. The maximum atomic E-state index is 13.3. The summed E-state index contributed by atoms with van der Waals surface area (Å²) in [6.45, 7) is 1.91. The lowest BCUT2D eigenvalue weighted by atomic mass is 10.1. The zero-order valence-corrected chi connectivity index (χ0v) is 21.8. The molecule has 0 radical (unpaired) electrons. The number of benzene rings is 4. The summed E-state index contributed by atoms with van der Waals surface area (Å²) in [5.41, 5.74) is 1.34. The number of rotatable bonds is 7. The van der Waals surface area contributed by atoms with Gasteiger partial charge in [-0.15, -0.1) is 0 Å². The smallest absolute Gasteiger partial charge is 0.356 e. The molecule has 0 fully saturated rings. The Morgan fingerprint density at radius 2 is 1.19 bits per heavy atom. The number of carbonyl (C=O) groups is 2. The molecule has 1 N–H and O–H groups in total. The Bertz CT molecular complexity index is 1290. The third kappa shape index (κ3) is 4.94. The van der Waals surface area contributed by atoms with Crippen molar-refractivity contribution in [1.29, 1.82) is 0 Å². The lowest BCUT2D eigenvalue weighted by Gasteiger charge is -2.34. The van der Waals surface area contributed by atoms with Gasteiger partial charge in [0.1, 0.15) is 28.9 Å². The SMILES string of the molecule is COC(=O)/C(NC(=O)c1cccc(C)c1)=C(/[S-])[P+](c1ccccc1)(c1ccccc1)c1ccccc1. The fourth-order valence-corrected chi connectivity index (χ4v) is 9.21. The van der Waals surface area contributed by atoms with Crippen molar-refractivity contribution in [2.24, 2.45) is 0 Å². The van der Waals surface area contributed by atoms with Gasteiger partial charge in [0.15, 0.2) is 0 Å². The van der Waals surface area contributed by atoms with Gasteiger partial charge in [-0.05, 0) is 60.1 Å². The number of methoxy groups -OCH3 is 1. The van der Waals surface area contributed by atoms with E-state index in [1.807, 2.05) is 104 Å². The van der Waals surface area contributed by atoms with Gasteiger partial charge in [0.25, 0.3) is 5.91 Å². The summed E-state index contributed by atoms with van der Waals surface area (Å²) in [5.74, 6) is -1.11. The van der Waals surface area contributed by atoms with Crippen molar-refractivity contribution >= 4 is 47.7 Å². The summed E-state index contributed by atoms with van der Waals surface area (Å²) in [5, 5.41) is 5.73. The second-order valence-corrected chi connectivity index (χ2v) is 12.2. The average molecular weight is 512 g/mol. The van der Waals surface area contributed by atoms with Gasteiger partial charge < -0.3 is 22.7 Å². The van der Waals surface area contributed by atoms with Gasteiger partial charge in [-0.25, -0.2) is 4.79 Å². The molecule has 0 atom stereocenters. The largest absolute Gasteiger partial charge is 0.738 e. The van der Waals surface area contributed by atoms with Crippen LogP contribution in [0.25, 0.3) is 0 Å². The van der Waals surface area contributed by atoms with Crippen molar-refractivity contribution in [3.63, 3.8) is 0 Å². The van der Waals surface area contributed by atoms with Gasteiger partial charge in [0.2, 0.25) is 0 Å². The van der Waals surface area contributed by atoms with E-state index < -0.39 is 19.1 Å². The second-order valence-electron chi connectivity index (χ2n) is 8.17. The highest BCUT2D eigenvalue weighted by atomic mass is 32.1. The highest BCUT2D eigenvalue weighted by Crippen LogP contribution is 2.62. The Balaban J connectivity index is 2.03. The van der Waals surface area contributed by atoms with Crippen LogP contribution in [0, 0.1) is 6.92 Å². The van der Waals surface area contributed by atoms with E-state index in [2.05, 4.69) is 5.32 Å². The van der Waals surface area contributed by atoms with Crippen LogP contribution in [0.3, 0.4) is 0 Å². The number of hydrogen-bond donors (Lipinski definition) is 1. The topological polar surface area (TPSA) is 55.4 Å². The number of aryl methyl sites for hydroxylation is 1. The first-order valence-electron chi connectivity index (χ1n) is 11.4. The molecule has 0 aliphatic heterocycles. The minimum atomic E-state index is -2.75. The van der Waals surface area contributed by atoms with Crippen LogP contribution >= 0.6 is 7.26 Å². The maximum Gasteiger partial charge on any atom is 0.356 e. The van der Waals surface area contributed by atoms with E-state index in [0.29, 0.717) is 10.2 Å². The lowest BCUT2D eigenvalue weighted by Crippen LogP contribution is -2.36. The minimum absolute atomic E-state index is 0.0242. The molecule has 0 spiro atoms. The molecule has 0 aliphatic carbocycles. The zero-order chi connectivity index (χ0) is 25.5. The molecule has 4 nitrogen and oxygen atoms in total. The van der Waals surface area contributed by atoms with Gasteiger partial charge >= 0.3 is 5.97 Å². The van der Waals surface area contributed by atoms with Crippen LogP contribution in [0.5, 0.6) is 0 Å². The van der Waals surface area contributed by atoms with Crippen LogP contribution in [0.2, 0.25) is 0 Å². The molecule has 0 unspecified atom stereocenters. The Labute approximate surface area is 217 Å². The van der Waals surface area contributed by atoms with Crippen LogP contribution in [0.15, 0.2) is 126 Å². The van der Waals surface area contributed by atoms with E-state index in [-0.39, 0.29) is 5.70 Å². The summed E-state index contributed by atoms with van der Waals surface area (Å²) in [6.07, 6.45) is 0. The zero-order valence-electron chi connectivity index (χ0n) is 20.0. The molecule has 0 saturated carbocycles. The van der Waals surface area contributed by atoms with E-state index in [9.17, 15) is 9.59 Å². The summed E-state index contributed by atoms with van der Waals surface area (Å²) in [4.78, 5) is 26.5. The molecule has 0 saturated heterocycles. The molecule has 180 valence electrons. The number of esters is 1. The normalized spacial score (nSPS) is 11.8. The minimum Gasteiger partial charge on any atom is -0.738 e. The predicted molar refractivity (Wildman–Crippen MR) is 150 cm³/mol. The summed E-state index contributed by atoms with van der Waals surface area (Å²) in [6, 6.07) is 36.9. The summed E-state index contributed by atoms with van der Waals surface area (Å²) < 4.78 is 5.48. The fourth-order valence-electron chi connectivity index (χ4n) is 4.19. The van der Waals surface area contributed by atoms with Crippen molar-refractivity contribution < 1.29 is 14.3 Å². The second kappa shape index (κ2) is 11.3. The van der Waals surface area contributed by atoms with E-state index in [1.54, 1.807) is 18.2 Å². The first-order valence-corrected chi connectivity index (χ1v) is 13.6. The third-order valence-corrected chi connectivity index (χ3v) is 10.9. The quantitative estimate of drug-likeness (QED) is 0.170. The summed E-state index contributed by atoms with van der Waals surface area (Å²) in [7, 11) is -1.46. The number of carbonyl (C=O) groups excluding carboxylic acids is 2. The maximum absolute atomic E-state index is 13.3.